The van der Waals surface area contributed by atoms with Gasteiger partial charge in [0.05, 0.1) is 21.8 Å². The van der Waals surface area contributed by atoms with Crippen molar-refractivity contribution in [2.24, 2.45) is 0 Å². The lowest BCUT2D eigenvalue weighted by Crippen LogP contribution is -2.44. The molecule has 1 atom stereocenters. The van der Waals surface area contributed by atoms with Crippen LogP contribution in [-0.2, 0) is 19.4 Å². The Morgan fingerprint density at radius 2 is 1.88 bits per heavy atom. The summed E-state index contributed by atoms with van der Waals surface area (Å²) in [6, 6.07) is 7.64. The maximum atomic E-state index is 13.1. The van der Waals surface area contributed by atoms with Gasteiger partial charge >= 0.3 is 0 Å². The topological polar surface area (TPSA) is 74.2 Å². The van der Waals surface area contributed by atoms with Crippen molar-refractivity contribution >= 4 is 33.6 Å². The Bertz CT molecular complexity index is 1270. The summed E-state index contributed by atoms with van der Waals surface area (Å²) in [6.07, 6.45) is 12.8. The zero-order valence-corrected chi connectivity index (χ0v) is 21.8. The van der Waals surface area contributed by atoms with E-state index in [2.05, 4.69) is 32.5 Å². The summed E-state index contributed by atoms with van der Waals surface area (Å²) in [7, 11) is 0. The SMILES string of the molecule is O=c1[nH]c2c(c([C@H]3CCCN3C3(I)CCCCC3)nn2Cc2cccc(O)c2)c2c1CCCC2. The second-order valence-corrected chi connectivity index (χ2v) is 12.4. The summed E-state index contributed by atoms with van der Waals surface area (Å²) < 4.78 is 2.19. The number of H-pyrrole nitrogens is 1. The molecule has 3 aliphatic rings. The number of aromatic hydroxyl groups is 1. The van der Waals surface area contributed by atoms with Crippen LogP contribution < -0.4 is 5.56 Å². The molecule has 2 fully saturated rings. The van der Waals surface area contributed by atoms with E-state index in [0.717, 1.165) is 61.1 Å². The number of aromatic nitrogens is 3. The molecule has 6 rings (SSSR count). The summed E-state index contributed by atoms with van der Waals surface area (Å²) >= 11 is 2.74. The molecule has 0 spiro atoms. The maximum absolute atomic E-state index is 13.1. The fourth-order valence-electron chi connectivity index (χ4n) is 6.61. The first kappa shape index (κ1) is 22.6. The molecule has 2 aliphatic carbocycles. The first-order valence-electron chi connectivity index (χ1n) is 12.9. The van der Waals surface area contributed by atoms with E-state index < -0.39 is 0 Å². The third-order valence-electron chi connectivity index (χ3n) is 8.20. The molecule has 2 N–H and O–H groups in total. The zero-order valence-electron chi connectivity index (χ0n) is 19.7. The number of halogens is 1. The fourth-order valence-corrected chi connectivity index (χ4v) is 7.95. The maximum Gasteiger partial charge on any atom is 0.253 e. The molecule has 1 aliphatic heterocycles. The largest absolute Gasteiger partial charge is 0.508 e. The fraction of sp³-hybridized carbons (Fsp3) is 0.556. The predicted molar refractivity (Wildman–Crippen MR) is 143 cm³/mol. The normalized spacial score (nSPS) is 22.8. The minimum Gasteiger partial charge on any atom is -0.508 e. The van der Waals surface area contributed by atoms with E-state index in [9.17, 15) is 9.90 Å². The van der Waals surface area contributed by atoms with E-state index in [0.29, 0.717) is 12.6 Å². The standard InChI is InChI=1S/C27H33IN4O2/c28-27(13-4-1-5-14-27)31-15-7-12-22(31)24-23-20-10-2-3-11-21(20)26(34)29-25(23)32(30-24)17-18-8-6-9-19(33)16-18/h6,8-9,16,22,33H,1-5,7,10-15,17H2,(H,29,34)/t22-/m1/s1. The Morgan fingerprint density at radius 1 is 1.09 bits per heavy atom. The average molecular weight is 572 g/mol. The van der Waals surface area contributed by atoms with Gasteiger partial charge in [0.25, 0.3) is 5.56 Å². The molecule has 1 saturated heterocycles. The molecule has 1 aromatic carbocycles. The first-order valence-corrected chi connectivity index (χ1v) is 14.0. The van der Waals surface area contributed by atoms with E-state index in [1.54, 1.807) is 12.1 Å². The molecule has 3 heterocycles. The third-order valence-corrected chi connectivity index (χ3v) is 9.90. The number of alkyl halides is 1. The smallest absolute Gasteiger partial charge is 0.253 e. The molecular formula is C27H33IN4O2. The van der Waals surface area contributed by atoms with Crippen LogP contribution in [0.3, 0.4) is 0 Å². The van der Waals surface area contributed by atoms with Gasteiger partial charge in [-0.1, -0.05) is 54.0 Å². The minimum absolute atomic E-state index is 0.0479. The van der Waals surface area contributed by atoms with E-state index in [1.807, 2.05) is 16.8 Å². The highest BCUT2D eigenvalue weighted by Crippen LogP contribution is 2.48. The van der Waals surface area contributed by atoms with Gasteiger partial charge in [-0.25, -0.2) is 4.68 Å². The molecule has 7 heteroatoms. The van der Waals surface area contributed by atoms with E-state index in [1.165, 1.54) is 49.5 Å². The summed E-state index contributed by atoms with van der Waals surface area (Å²) in [5.74, 6) is 0.256. The number of nitrogens with zero attached hydrogens (tertiary/aromatic N) is 3. The second-order valence-electron chi connectivity index (χ2n) is 10.4. The van der Waals surface area contributed by atoms with Crippen molar-refractivity contribution in [3.8, 4) is 5.75 Å². The van der Waals surface area contributed by atoms with Gasteiger partial charge in [-0.3, -0.25) is 9.69 Å². The highest BCUT2D eigenvalue weighted by atomic mass is 127. The summed E-state index contributed by atoms with van der Waals surface area (Å²) in [6.45, 7) is 1.65. The Morgan fingerprint density at radius 3 is 2.68 bits per heavy atom. The van der Waals surface area contributed by atoms with Gasteiger partial charge in [-0.05, 0) is 74.6 Å². The van der Waals surface area contributed by atoms with Crippen LogP contribution in [0.2, 0.25) is 0 Å². The van der Waals surface area contributed by atoms with Crippen molar-refractivity contribution in [2.45, 2.75) is 86.8 Å². The molecule has 180 valence electrons. The summed E-state index contributed by atoms with van der Waals surface area (Å²) in [4.78, 5) is 19.1. The Labute approximate surface area is 213 Å². The van der Waals surface area contributed by atoms with Crippen LogP contribution >= 0.6 is 22.6 Å². The van der Waals surface area contributed by atoms with Gasteiger partial charge in [0.2, 0.25) is 0 Å². The first-order chi connectivity index (χ1) is 16.5. The highest BCUT2D eigenvalue weighted by molar-refractivity contribution is 14.1. The summed E-state index contributed by atoms with van der Waals surface area (Å²) in [5.41, 5.74) is 5.25. The van der Waals surface area contributed by atoms with Crippen molar-refractivity contribution in [3.63, 3.8) is 0 Å². The molecular weight excluding hydrogens is 539 g/mol. The van der Waals surface area contributed by atoms with Crippen molar-refractivity contribution in [1.29, 1.82) is 0 Å². The molecule has 2 aromatic heterocycles. The number of benzene rings is 1. The van der Waals surface area contributed by atoms with Crippen LogP contribution in [0.5, 0.6) is 5.75 Å². The molecule has 6 nitrogen and oxygen atoms in total. The number of aromatic amines is 1. The molecule has 3 aromatic rings. The molecule has 34 heavy (non-hydrogen) atoms. The third kappa shape index (κ3) is 3.88. The van der Waals surface area contributed by atoms with Gasteiger partial charge in [-0.2, -0.15) is 5.10 Å². The molecule has 0 unspecified atom stereocenters. The van der Waals surface area contributed by atoms with Gasteiger partial charge in [0.1, 0.15) is 11.4 Å². The quantitative estimate of drug-likeness (QED) is 0.243. The number of likely N-dealkylation sites (tertiary alicyclic amines) is 1. The number of nitrogens with one attached hydrogen (secondary N) is 1. The molecule has 0 bridgehead atoms. The lowest BCUT2D eigenvalue weighted by atomic mass is 9.89. The van der Waals surface area contributed by atoms with E-state index >= 15 is 0 Å². The van der Waals surface area contributed by atoms with Crippen LogP contribution in [0.15, 0.2) is 29.1 Å². The van der Waals surface area contributed by atoms with Crippen LogP contribution in [0.25, 0.3) is 11.0 Å². The van der Waals surface area contributed by atoms with Crippen molar-refractivity contribution in [2.75, 3.05) is 6.54 Å². The van der Waals surface area contributed by atoms with Gasteiger partial charge in [0.15, 0.2) is 0 Å². The zero-order chi connectivity index (χ0) is 23.3. The van der Waals surface area contributed by atoms with Crippen LogP contribution in [0.4, 0.5) is 0 Å². The van der Waals surface area contributed by atoms with Crippen molar-refractivity contribution in [3.05, 3.63) is 57.0 Å². The number of rotatable bonds is 4. The Balaban J connectivity index is 1.51. The van der Waals surface area contributed by atoms with Crippen LogP contribution in [0, 0.1) is 0 Å². The Hall–Kier alpha value is -1.87. The predicted octanol–water partition coefficient (Wildman–Crippen LogP) is 5.59. The van der Waals surface area contributed by atoms with Crippen molar-refractivity contribution in [1.82, 2.24) is 19.7 Å². The monoisotopic (exact) mass is 572 g/mol. The lowest BCUT2D eigenvalue weighted by Gasteiger charge is -2.43. The Kier molecular flexibility index (Phi) is 5.96. The number of phenols is 1. The van der Waals surface area contributed by atoms with Gasteiger partial charge in [0, 0.05) is 17.5 Å². The number of pyridine rings is 1. The van der Waals surface area contributed by atoms with E-state index in [-0.39, 0.29) is 14.9 Å². The van der Waals surface area contributed by atoms with Crippen LogP contribution in [-0.4, -0.2) is 34.9 Å². The van der Waals surface area contributed by atoms with Gasteiger partial charge in [-0.15, -0.1) is 0 Å². The summed E-state index contributed by atoms with van der Waals surface area (Å²) in [5, 5.41) is 16.4. The number of phenolic OH excluding ortho intramolecular Hbond substituents is 1. The number of hydrogen-bond acceptors (Lipinski definition) is 4. The molecule has 0 amide bonds. The molecule has 1 saturated carbocycles. The minimum atomic E-state index is 0.0479. The average Bonchev–Trinajstić information content (AvgIpc) is 3.46. The number of aryl methyl sites for hydroxylation is 1. The number of hydrogen-bond donors (Lipinski definition) is 2. The van der Waals surface area contributed by atoms with Crippen LogP contribution in [0.1, 0.15) is 86.2 Å². The second kappa shape index (κ2) is 8.97. The number of fused-ring (bicyclic) bond motifs is 3. The lowest BCUT2D eigenvalue weighted by molar-refractivity contribution is 0.126. The van der Waals surface area contributed by atoms with E-state index in [4.69, 9.17) is 5.10 Å². The highest BCUT2D eigenvalue weighted by Gasteiger charge is 2.44. The van der Waals surface area contributed by atoms with Crippen molar-refractivity contribution < 1.29 is 5.11 Å². The van der Waals surface area contributed by atoms with Gasteiger partial charge < -0.3 is 10.1 Å². The molecule has 0 radical (unpaired) electrons.